The Morgan fingerprint density at radius 1 is 1.52 bits per heavy atom. The topological polar surface area (TPSA) is 78.4 Å². The molecule has 5 nitrogen and oxygen atoms in total. The Morgan fingerprint density at radius 3 is 2.81 bits per heavy atom. The monoisotopic (exact) mass is 298 g/mol. The molecule has 0 aromatic rings. The summed E-state index contributed by atoms with van der Waals surface area (Å²) in [6, 6.07) is 0. The van der Waals surface area contributed by atoms with E-state index in [2.05, 4.69) is 13.8 Å². The molecule has 5 heteroatoms. The molecule has 0 amide bonds. The molecule has 21 heavy (non-hydrogen) atoms. The molecule has 0 aliphatic heterocycles. The van der Waals surface area contributed by atoms with Gasteiger partial charge in [-0.1, -0.05) is 31.9 Å². The molecule has 0 aromatic carbocycles. The molecule has 0 bridgehead atoms. The van der Waals surface area contributed by atoms with Crippen molar-refractivity contribution in [3.63, 3.8) is 0 Å². The van der Waals surface area contributed by atoms with Crippen LogP contribution in [-0.2, 0) is 4.84 Å². The minimum absolute atomic E-state index is 0.330. The summed E-state index contributed by atoms with van der Waals surface area (Å²) in [7, 11) is 0. The third-order valence-corrected chi connectivity index (χ3v) is 4.71. The number of rotatable bonds is 8. The largest absolute Gasteiger partial charge is 0.330 e. The van der Waals surface area contributed by atoms with Crippen LogP contribution in [0.25, 0.3) is 0 Å². The van der Waals surface area contributed by atoms with E-state index in [1.807, 2.05) is 13.0 Å². The van der Waals surface area contributed by atoms with Gasteiger partial charge in [0.25, 0.3) is 5.09 Å². The van der Waals surface area contributed by atoms with Gasteiger partial charge < -0.3 is 10.6 Å². The number of hydrogen-bond acceptors (Lipinski definition) is 4. The minimum Gasteiger partial charge on any atom is -0.330 e. The fraction of sp³-hybridized carbons (Fsp3) is 0.875. The molecule has 0 spiro atoms. The second-order valence-corrected chi connectivity index (χ2v) is 6.87. The normalized spacial score (nSPS) is 27.3. The summed E-state index contributed by atoms with van der Waals surface area (Å²) >= 11 is 0. The Kier molecular flexibility index (Phi) is 6.65. The summed E-state index contributed by atoms with van der Waals surface area (Å²) in [6.07, 6.45) is 9.96. The first kappa shape index (κ1) is 18.0. The van der Waals surface area contributed by atoms with Crippen LogP contribution in [0.15, 0.2) is 11.6 Å². The summed E-state index contributed by atoms with van der Waals surface area (Å²) in [4.78, 5) is 15.8. The van der Waals surface area contributed by atoms with Gasteiger partial charge in [0.2, 0.25) is 0 Å². The van der Waals surface area contributed by atoms with Gasteiger partial charge in [-0.3, -0.25) is 0 Å². The van der Waals surface area contributed by atoms with Crippen LogP contribution >= 0.6 is 0 Å². The molecule has 2 atom stereocenters. The molecule has 1 saturated carbocycles. The molecule has 1 aliphatic carbocycles. The van der Waals surface area contributed by atoms with Crippen LogP contribution in [0.3, 0.4) is 0 Å². The second kappa shape index (κ2) is 7.78. The summed E-state index contributed by atoms with van der Waals surface area (Å²) in [5.41, 5.74) is 6.33. The van der Waals surface area contributed by atoms with E-state index in [0.29, 0.717) is 18.4 Å². The van der Waals surface area contributed by atoms with E-state index in [4.69, 9.17) is 10.6 Å². The molecule has 0 saturated heterocycles. The van der Waals surface area contributed by atoms with Crippen LogP contribution < -0.4 is 5.73 Å². The van der Waals surface area contributed by atoms with Crippen LogP contribution in [0.5, 0.6) is 0 Å². The van der Waals surface area contributed by atoms with E-state index in [-0.39, 0.29) is 0 Å². The fourth-order valence-electron chi connectivity index (χ4n) is 3.26. The Bertz CT molecular complexity index is 384. The summed E-state index contributed by atoms with van der Waals surface area (Å²) in [5.74, 6) is 0. The van der Waals surface area contributed by atoms with Crippen LogP contribution in [0.1, 0.15) is 72.1 Å². The maximum atomic E-state index is 10.8. The molecular weight excluding hydrogens is 268 g/mol. The fourth-order valence-corrected chi connectivity index (χ4v) is 3.26. The molecule has 1 aliphatic rings. The predicted octanol–water partition coefficient (Wildman–Crippen LogP) is 4.00. The highest BCUT2D eigenvalue weighted by atomic mass is 17.0. The van der Waals surface area contributed by atoms with E-state index >= 15 is 0 Å². The van der Waals surface area contributed by atoms with Crippen LogP contribution in [0.4, 0.5) is 0 Å². The average molecular weight is 298 g/mol. The Balaban J connectivity index is 2.82. The number of unbranched alkanes of at least 4 members (excludes halogenated alkanes) is 1. The zero-order chi connectivity index (χ0) is 15.9. The Morgan fingerprint density at radius 2 is 2.24 bits per heavy atom. The number of nitrogens with zero attached hydrogens (tertiary/aromatic N) is 1. The number of nitrogens with two attached hydrogens (primary N) is 1. The highest BCUT2D eigenvalue weighted by molar-refractivity contribution is 5.14. The van der Waals surface area contributed by atoms with E-state index in [1.165, 1.54) is 12.0 Å². The predicted molar refractivity (Wildman–Crippen MR) is 84.3 cm³/mol. The molecule has 122 valence electrons. The van der Waals surface area contributed by atoms with Crippen molar-refractivity contribution in [1.29, 1.82) is 0 Å². The van der Waals surface area contributed by atoms with Crippen molar-refractivity contribution in [2.45, 2.75) is 77.7 Å². The van der Waals surface area contributed by atoms with E-state index < -0.39 is 10.7 Å². The first-order chi connectivity index (χ1) is 9.82. The standard InChI is InChI=1S/C16H30N2O3/c1-4-15(2)9-7-8-14(12-15)13-16(3,21-18(19)20)10-5-6-11-17/h13H,4-12,17H2,1-3H3/b14-13+. The molecule has 1 fully saturated rings. The highest BCUT2D eigenvalue weighted by Gasteiger charge is 2.31. The van der Waals surface area contributed by atoms with Gasteiger partial charge in [0.15, 0.2) is 0 Å². The van der Waals surface area contributed by atoms with Crippen molar-refractivity contribution in [2.75, 3.05) is 6.54 Å². The van der Waals surface area contributed by atoms with E-state index in [0.717, 1.165) is 38.5 Å². The van der Waals surface area contributed by atoms with Gasteiger partial charge in [0.05, 0.1) is 0 Å². The van der Waals surface area contributed by atoms with Crippen molar-refractivity contribution < 1.29 is 9.92 Å². The highest BCUT2D eigenvalue weighted by Crippen LogP contribution is 2.42. The van der Waals surface area contributed by atoms with Crippen molar-refractivity contribution in [2.24, 2.45) is 11.1 Å². The molecular formula is C16H30N2O3. The molecule has 1 rings (SSSR count). The molecule has 0 radical (unpaired) electrons. The van der Waals surface area contributed by atoms with E-state index in [1.54, 1.807) is 0 Å². The van der Waals surface area contributed by atoms with Gasteiger partial charge in [0.1, 0.15) is 5.60 Å². The Labute approximate surface area is 128 Å². The summed E-state index contributed by atoms with van der Waals surface area (Å²) < 4.78 is 0. The SMILES string of the molecule is CCC1(C)CCC/C(=C\C(C)(CCCCN)O[N+](=O)[O-])C1. The van der Waals surface area contributed by atoms with Crippen molar-refractivity contribution >= 4 is 0 Å². The lowest BCUT2D eigenvalue weighted by Gasteiger charge is -2.35. The van der Waals surface area contributed by atoms with Gasteiger partial charge in [-0.15, -0.1) is 10.1 Å². The lowest BCUT2D eigenvalue weighted by molar-refractivity contribution is -0.776. The lowest BCUT2D eigenvalue weighted by Crippen LogP contribution is -2.31. The third-order valence-electron chi connectivity index (χ3n) is 4.71. The van der Waals surface area contributed by atoms with Gasteiger partial charge in [-0.2, -0.15) is 0 Å². The first-order valence-corrected chi connectivity index (χ1v) is 8.07. The maximum Gasteiger partial charge on any atom is 0.295 e. The van der Waals surface area contributed by atoms with Gasteiger partial charge in [-0.25, -0.2) is 0 Å². The van der Waals surface area contributed by atoms with Crippen LogP contribution in [0, 0.1) is 15.5 Å². The molecule has 2 N–H and O–H groups in total. The van der Waals surface area contributed by atoms with Crippen molar-refractivity contribution in [1.82, 2.24) is 0 Å². The van der Waals surface area contributed by atoms with Gasteiger partial charge >= 0.3 is 0 Å². The minimum atomic E-state index is -0.819. The molecule has 0 heterocycles. The molecule has 0 aromatic heterocycles. The Hall–Kier alpha value is -1.10. The quantitative estimate of drug-likeness (QED) is 0.318. The first-order valence-electron chi connectivity index (χ1n) is 8.07. The number of hydrogen-bond donors (Lipinski definition) is 1. The molecule has 2 unspecified atom stereocenters. The third kappa shape index (κ3) is 6.04. The summed E-state index contributed by atoms with van der Waals surface area (Å²) in [6.45, 7) is 6.95. The second-order valence-electron chi connectivity index (χ2n) is 6.87. The van der Waals surface area contributed by atoms with Crippen LogP contribution in [0.2, 0.25) is 0 Å². The smallest absolute Gasteiger partial charge is 0.295 e. The zero-order valence-corrected chi connectivity index (χ0v) is 13.7. The average Bonchev–Trinajstić information content (AvgIpc) is 2.38. The zero-order valence-electron chi connectivity index (χ0n) is 13.7. The number of allylic oxidation sites excluding steroid dienone is 1. The van der Waals surface area contributed by atoms with Crippen LogP contribution in [-0.4, -0.2) is 17.2 Å². The van der Waals surface area contributed by atoms with Gasteiger partial charge in [0, 0.05) is 0 Å². The maximum absolute atomic E-state index is 10.8. The van der Waals surface area contributed by atoms with Gasteiger partial charge in [-0.05, 0) is 63.8 Å². The van der Waals surface area contributed by atoms with Crippen molar-refractivity contribution in [3.05, 3.63) is 21.8 Å². The van der Waals surface area contributed by atoms with Crippen molar-refractivity contribution in [3.8, 4) is 0 Å². The van der Waals surface area contributed by atoms with E-state index in [9.17, 15) is 10.1 Å². The lowest BCUT2D eigenvalue weighted by atomic mass is 9.71. The summed E-state index contributed by atoms with van der Waals surface area (Å²) in [5, 5.41) is 10.1.